The van der Waals surface area contributed by atoms with Crippen LogP contribution in [0.2, 0.25) is 0 Å². The van der Waals surface area contributed by atoms with Crippen LogP contribution in [0.25, 0.3) is 0 Å². The Kier molecular flexibility index (Phi) is 3.87. The lowest BCUT2D eigenvalue weighted by molar-refractivity contribution is -0.128. The highest BCUT2D eigenvalue weighted by Gasteiger charge is 2.26. The van der Waals surface area contributed by atoms with Gasteiger partial charge in [-0.1, -0.05) is 31.7 Å². The first kappa shape index (κ1) is 11.7. The molecule has 1 aromatic carbocycles. The van der Waals surface area contributed by atoms with Gasteiger partial charge in [0, 0.05) is 12.2 Å². The molecule has 3 nitrogen and oxygen atoms in total. The van der Waals surface area contributed by atoms with Crippen LogP contribution in [-0.2, 0) is 13.9 Å². The van der Waals surface area contributed by atoms with Gasteiger partial charge in [0.15, 0.2) is 0 Å². The van der Waals surface area contributed by atoms with Gasteiger partial charge in [-0.25, -0.2) is 4.79 Å². The topological polar surface area (TPSA) is 43.4 Å². The maximum Gasteiger partial charge on any atom is 0.335 e. The van der Waals surface area contributed by atoms with E-state index in [4.69, 9.17) is 4.52 Å². The summed E-state index contributed by atoms with van der Waals surface area (Å²) in [5, 5.41) is 0.433. The summed E-state index contributed by atoms with van der Waals surface area (Å²) in [4.78, 5) is 11.0. The van der Waals surface area contributed by atoms with E-state index < -0.39 is 13.3 Å². The van der Waals surface area contributed by atoms with Crippen LogP contribution >= 0.6 is 7.37 Å². The molecule has 0 aliphatic rings. The van der Waals surface area contributed by atoms with Gasteiger partial charge >= 0.3 is 5.97 Å². The van der Waals surface area contributed by atoms with Gasteiger partial charge in [0.1, 0.15) is 0 Å². The lowest BCUT2D eigenvalue weighted by atomic mass is 10.4. The van der Waals surface area contributed by atoms with Crippen LogP contribution in [0.3, 0.4) is 0 Å². The van der Waals surface area contributed by atoms with Crippen molar-refractivity contribution in [1.82, 2.24) is 0 Å². The van der Waals surface area contributed by atoms with Gasteiger partial charge in [-0.2, -0.15) is 0 Å². The number of hydrogen-bond acceptors (Lipinski definition) is 3. The molecule has 0 aliphatic carbocycles. The van der Waals surface area contributed by atoms with Crippen LogP contribution in [0, 0.1) is 6.07 Å². The fourth-order valence-electron chi connectivity index (χ4n) is 1.06. The molecule has 4 heteroatoms. The standard InChI is InChI=1S/C11H12O3P/c1-3-11(12)14-15(13,4-2)10-8-6-5-7-9-10/h3,5-8H,1,4H2,2H3. The number of carbonyl (C=O) groups is 1. The van der Waals surface area contributed by atoms with Crippen molar-refractivity contribution in [3.05, 3.63) is 43.0 Å². The summed E-state index contributed by atoms with van der Waals surface area (Å²) in [5.74, 6) is -0.669. The predicted octanol–water partition coefficient (Wildman–Crippen LogP) is 2.14. The molecule has 15 heavy (non-hydrogen) atoms. The molecule has 0 aromatic heterocycles. The quantitative estimate of drug-likeness (QED) is 0.580. The Balaban J connectivity index is 3.01. The van der Waals surface area contributed by atoms with Crippen molar-refractivity contribution in [3.8, 4) is 0 Å². The number of carbonyl (C=O) groups excluding carboxylic acids is 1. The normalized spacial score (nSPS) is 13.9. The van der Waals surface area contributed by atoms with Crippen molar-refractivity contribution in [2.75, 3.05) is 6.16 Å². The molecule has 0 bridgehead atoms. The van der Waals surface area contributed by atoms with Crippen LogP contribution < -0.4 is 5.30 Å². The summed E-state index contributed by atoms with van der Waals surface area (Å²) >= 11 is 0. The summed E-state index contributed by atoms with van der Waals surface area (Å²) in [5.41, 5.74) is 0. The highest BCUT2D eigenvalue weighted by molar-refractivity contribution is 7.67. The van der Waals surface area contributed by atoms with E-state index in [9.17, 15) is 9.36 Å². The van der Waals surface area contributed by atoms with Crippen LogP contribution in [0.15, 0.2) is 36.9 Å². The van der Waals surface area contributed by atoms with Gasteiger partial charge in [0.2, 0.25) is 0 Å². The lowest BCUT2D eigenvalue weighted by Gasteiger charge is -2.15. The van der Waals surface area contributed by atoms with Crippen molar-refractivity contribution in [3.63, 3.8) is 0 Å². The van der Waals surface area contributed by atoms with Crippen LogP contribution in [0.1, 0.15) is 6.92 Å². The monoisotopic (exact) mass is 223 g/mol. The van der Waals surface area contributed by atoms with Crippen molar-refractivity contribution in [2.24, 2.45) is 0 Å². The minimum Gasteiger partial charge on any atom is -0.405 e. The molecule has 0 heterocycles. The van der Waals surface area contributed by atoms with Gasteiger partial charge in [0.05, 0.1) is 5.30 Å². The molecule has 1 radical (unpaired) electrons. The van der Waals surface area contributed by atoms with Crippen LogP contribution in [0.5, 0.6) is 0 Å². The molecule has 0 spiro atoms. The molecule has 0 aliphatic heterocycles. The smallest absolute Gasteiger partial charge is 0.335 e. The first-order chi connectivity index (χ1) is 7.12. The molecule has 0 saturated carbocycles. The van der Waals surface area contributed by atoms with Crippen molar-refractivity contribution in [2.45, 2.75) is 6.92 Å². The summed E-state index contributed by atoms with van der Waals surface area (Å²) in [6.45, 7) is 4.97. The Hall–Kier alpha value is -1.34. The van der Waals surface area contributed by atoms with E-state index in [1.165, 1.54) is 0 Å². The number of hydrogen-bond donors (Lipinski definition) is 0. The summed E-state index contributed by atoms with van der Waals surface area (Å²) < 4.78 is 17.1. The van der Waals surface area contributed by atoms with Crippen LogP contribution in [0.4, 0.5) is 0 Å². The van der Waals surface area contributed by atoms with Gasteiger partial charge in [-0.3, -0.25) is 4.57 Å². The van der Waals surface area contributed by atoms with E-state index >= 15 is 0 Å². The minimum atomic E-state index is -3.10. The van der Waals surface area contributed by atoms with Gasteiger partial charge in [-0.05, 0) is 12.1 Å². The molecule has 0 amide bonds. The average Bonchev–Trinajstić information content (AvgIpc) is 2.30. The van der Waals surface area contributed by atoms with Gasteiger partial charge < -0.3 is 4.52 Å². The Labute approximate surface area is 89.2 Å². The summed E-state index contributed by atoms with van der Waals surface area (Å²) in [7, 11) is -3.10. The highest BCUT2D eigenvalue weighted by atomic mass is 31.2. The second-order valence-electron chi connectivity index (χ2n) is 2.85. The molecule has 0 saturated heterocycles. The van der Waals surface area contributed by atoms with E-state index in [0.717, 1.165) is 6.08 Å². The maximum atomic E-state index is 12.2. The first-order valence-corrected chi connectivity index (χ1v) is 6.35. The highest BCUT2D eigenvalue weighted by Crippen LogP contribution is 2.45. The number of rotatable bonds is 4. The average molecular weight is 223 g/mol. The molecule has 1 aromatic rings. The largest absolute Gasteiger partial charge is 0.405 e. The molecule has 79 valence electrons. The third kappa shape index (κ3) is 2.80. The zero-order valence-electron chi connectivity index (χ0n) is 8.47. The first-order valence-electron chi connectivity index (χ1n) is 4.54. The molecular formula is C11H12O3P. The number of benzene rings is 1. The Bertz CT molecular complexity index is 398. The summed E-state index contributed by atoms with van der Waals surface area (Å²) in [6, 6.07) is 9.59. The Morgan fingerprint density at radius 1 is 1.67 bits per heavy atom. The third-order valence-electron chi connectivity index (χ3n) is 1.88. The summed E-state index contributed by atoms with van der Waals surface area (Å²) in [6.07, 6.45) is 1.26. The second-order valence-corrected chi connectivity index (χ2v) is 5.50. The molecule has 0 N–H and O–H groups in total. The van der Waals surface area contributed by atoms with Crippen molar-refractivity contribution < 1.29 is 13.9 Å². The van der Waals surface area contributed by atoms with Gasteiger partial charge in [0.25, 0.3) is 7.37 Å². The van der Waals surface area contributed by atoms with E-state index in [2.05, 4.69) is 12.6 Å². The maximum absolute atomic E-state index is 12.2. The fraction of sp³-hybridized carbons (Fsp3) is 0.182. The van der Waals surface area contributed by atoms with Crippen LogP contribution in [-0.4, -0.2) is 12.1 Å². The van der Waals surface area contributed by atoms with E-state index in [1.54, 1.807) is 31.2 Å². The fourth-order valence-corrected chi connectivity index (χ4v) is 2.58. The van der Waals surface area contributed by atoms with Crippen molar-refractivity contribution in [1.29, 1.82) is 0 Å². The SMILES string of the molecule is C=CC(=O)OP(=O)(CC)c1[c]cccc1. The zero-order chi connectivity index (χ0) is 11.3. The zero-order valence-corrected chi connectivity index (χ0v) is 9.37. The molecule has 1 unspecified atom stereocenters. The molecule has 1 atom stereocenters. The Morgan fingerprint density at radius 3 is 2.87 bits per heavy atom. The van der Waals surface area contributed by atoms with E-state index in [0.29, 0.717) is 5.30 Å². The van der Waals surface area contributed by atoms with E-state index in [-0.39, 0.29) is 6.16 Å². The molecule has 0 fully saturated rings. The van der Waals surface area contributed by atoms with Gasteiger partial charge in [-0.15, -0.1) is 0 Å². The second kappa shape index (κ2) is 4.94. The Morgan fingerprint density at radius 2 is 2.40 bits per heavy atom. The van der Waals surface area contributed by atoms with E-state index in [1.807, 2.05) is 0 Å². The molecule has 1 rings (SSSR count). The third-order valence-corrected chi connectivity index (χ3v) is 4.20. The predicted molar refractivity (Wildman–Crippen MR) is 59.3 cm³/mol. The van der Waals surface area contributed by atoms with Crippen molar-refractivity contribution >= 4 is 18.6 Å². The minimum absolute atomic E-state index is 0.257. The lowest BCUT2D eigenvalue weighted by Crippen LogP contribution is -2.12. The molecular weight excluding hydrogens is 211 g/mol.